The molecule has 0 atom stereocenters. The number of hydrogen-bond donors (Lipinski definition) is 3. The van der Waals surface area contributed by atoms with E-state index in [-0.39, 0.29) is 11.9 Å². The van der Waals surface area contributed by atoms with Crippen LogP contribution in [0.15, 0.2) is 18.2 Å². The van der Waals surface area contributed by atoms with Gasteiger partial charge in [0.25, 0.3) is 5.91 Å². The van der Waals surface area contributed by atoms with Crippen LogP contribution in [0.25, 0.3) is 0 Å². The summed E-state index contributed by atoms with van der Waals surface area (Å²) in [6, 6.07) is 5.91. The number of anilines is 1. The summed E-state index contributed by atoms with van der Waals surface area (Å²) >= 11 is 0. The Bertz CT molecular complexity index is 481. The zero-order valence-corrected chi connectivity index (χ0v) is 13.0. The highest BCUT2D eigenvalue weighted by Crippen LogP contribution is 2.18. The topological polar surface area (TPSA) is 70.4 Å². The van der Waals surface area contributed by atoms with E-state index in [9.17, 15) is 4.79 Å². The van der Waals surface area contributed by atoms with Crippen molar-refractivity contribution in [3.63, 3.8) is 0 Å². The first-order chi connectivity index (χ1) is 10.1. The molecule has 4 N–H and O–H groups in total. The summed E-state index contributed by atoms with van der Waals surface area (Å²) in [6.45, 7) is 7.45. The van der Waals surface area contributed by atoms with E-state index < -0.39 is 0 Å². The SMILES string of the molecule is CCCN1CCC(NC(=O)c2cc(C)ccc2NN)CC1. The molecule has 5 heteroatoms. The Labute approximate surface area is 126 Å². The van der Waals surface area contributed by atoms with E-state index >= 15 is 0 Å². The fraction of sp³-hybridized carbons (Fsp3) is 0.562. The number of hydrazine groups is 1. The standard InChI is InChI=1S/C16H26N4O/c1-3-8-20-9-6-13(7-10-20)18-16(21)14-11-12(2)4-5-15(14)19-17/h4-5,11,13,19H,3,6-10,17H2,1-2H3,(H,18,21). The zero-order valence-electron chi connectivity index (χ0n) is 13.0. The van der Waals surface area contributed by atoms with Crippen molar-refractivity contribution in [3.05, 3.63) is 29.3 Å². The Kier molecular flexibility index (Phi) is 5.59. The van der Waals surface area contributed by atoms with Crippen LogP contribution in [0.1, 0.15) is 42.1 Å². The second-order valence-corrected chi connectivity index (χ2v) is 5.78. The minimum atomic E-state index is -0.0411. The number of nitrogens with two attached hydrogens (primary N) is 1. The Morgan fingerprint density at radius 1 is 1.38 bits per heavy atom. The molecule has 1 aliphatic heterocycles. The van der Waals surface area contributed by atoms with Crippen molar-refractivity contribution in [2.45, 2.75) is 39.2 Å². The number of aryl methyl sites for hydroxylation is 1. The molecule has 0 unspecified atom stereocenters. The van der Waals surface area contributed by atoms with Crippen molar-refractivity contribution in [2.24, 2.45) is 5.84 Å². The van der Waals surface area contributed by atoms with Gasteiger partial charge in [-0.3, -0.25) is 10.6 Å². The van der Waals surface area contributed by atoms with Crippen LogP contribution in [-0.4, -0.2) is 36.5 Å². The number of amides is 1. The number of carbonyl (C=O) groups is 1. The molecular weight excluding hydrogens is 264 g/mol. The molecule has 0 spiro atoms. The number of piperidine rings is 1. The van der Waals surface area contributed by atoms with Crippen LogP contribution >= 0.6 is 0 Å². The molecule has 1 aromatic carbocycles. The molecule has 0 aromatic heterocycles. The van der Waals surface area contributed by atoms with Gasteiger partial charge in [-0.15, -0.1) is 0 Å². The van der Waals surface area contributed by atoms with Gasteiger partial charge in [0.15, 0.2) is 0 Å². The van der Waals surface area contributed by atoms with Gasteiger partial charge in [0, 0.05) is 19.1 Å². The predicted octanol–water partition coefficient (Wildman–Crippen LogP) is 1.88. The van der Waals surface area contributed by atoms with Crippen LogP contribution in [-0.2, 0) is 0 Å². The first-order valence-electron chi connectivity index (χ1n) is 7.74. The molecule has 116 valence electrons. The minimum absolute atomic E-state index is 0.0411. The van der Waals surface area contributed by atoms with E-state index in [1.54, 1.807) is 0 Å². The molecule has 0 bridgehead atoms. The Balaban J connectivity index is 1.95. The number of carbonyl (C=O) groups excluding carboxylic acids is 1. The summed E-state index contributed by atoms with van der Waals surface area (Å²) in [5.41, 5.74) is 4.94. The molecule has 1 heterocycles. The molecular formula is C16H26N4O. The van der Waals surface area contributed by atoms with E-state index in [1.165, 1.54) is 6.42 Å². The van der Waals surface area contributed by atoms with E-state index in [0.29, 0.717) is 11.3 Å². The van der Waals surface area contributed by atoms with Crippen LogP contribution in [0, 0.1) is 6.92 Å². The monoisotopic (exact) mass is 290 g/mol. The van der Waals surface area contributed by atoms with E-state index in [0.717, 1.165) is 38.0 Å². The molecule has 1 saturated heterocycles. The van der Waals surface area contributed by atoms with Gasteiger partial charge in [-0.25, -0.2) is 0 Å². The van der Waals surface area contributed by atoms with Crippen LogP contribution in [0.3, 0.4) is 0 Å². The summed E-state index contributed by atoms with van der Waals surface area (Å²) in [4.78, 5) is 14.9. The number of nitrogens with zero attached hydrogens (tertiary/aromatic N) is 1. The minimum Gasteiger partial charge on any atom is -0.349 e. The zero-order chi connectivity index (χ0) is 15.2. The van der Waals surface area contributed by atoms with Gasteiger partial charge in [-0.1, -0.05) is 18.6 Å². The largest absolute Gasteiger partial charge is 0.349 e. The van der Waals surface area contributed by atoms with Crippen LogP contribution in [0.4, 0.5) is 5.69 Å². The van der Waals surface area contributed by atoms with E-state index in [2.05, 4.69) is 22.6 Å². The average Bonchev–Trinajstić information content (AvgIpc) is 2.49. The fourth-order valence-electron chi connectivity index (χ4n) is 2.85. The van der Waals surface area contributed by atoms with Gasteiger partial charge in [0.1, 0.15) is 0 Å². The lowest BCUT2D eigenvalue weighted by Crippen LogP contribution is -2.44. The van der Waals surface area contributed by atoms with E-state index in [1.807, 2.05) is 25.1 Å². The highest BCUT2D eigenvalue weighted by atomic mass is 16.1. The molecule has 1 fully saturated rings. The highest BCUT2D eigenvalue weighted by molar-refractivity contribution is 5.99. The fourth-order valence-corrected chi connectivity index (χ4v) is 2.85. The predicted molar refractivity (Wildman–Crippen MR) is 86.2 cm³/mol. The maximum atomic E-state index is 12.4. The van der Waals surface area contributed by atoms with Crippen LogP contribution in [0.5, 0.6) is 0 Å². The van der Waals surface area contributed by atoms with Crippen molar-refractivity contribution in [3.8, 4) is 0 Å². The quantitative estimate of drug-likeness (QED) is 0.572. The molecule has 21 heavy (non-hydrogen) atoms. The van der Waals surface area contributed by atoms with Gasteiger partial charge in [-0.2, -0.15) is 0 Å². The third-order valence-electron chi connectivity index (χ3n) is 4.04. The lowest BCUT2D eigenvalue weighted by Gasteiger charge is -2.32. The van der Waals surface area contributed by atoms with Crippen molar-refractivity contribution in [2.75, 3.05) is 25.1 Å². The number of hydrogen-bond acceptors (Lipinski definition) is 4. The number of benzene rings is 1. The third kappa shape index (κ3) is 4.19. The summed E-state index contributed by atoms with van der Waals surface area (Å²) in [6.07, 6.45) is 3.22. The number of nitrogens with one attached hydrogen (secondary N) is 2. The van der Waals surface area contributed by atoms with Crippen LogP contribution < -0.4 is 16.6 Å². The molecule has 1 amide bonds. The van der Waals surface area contributed by atoms with Crippen molar-refractivity contribution in [1.82, 2.24) is 10.2 Å². The Hall–Kier alpha value is -1.59. The van der Waals surface area contributed by atoms with Crippen molar-refractivity contribution in [1.29, 1.82) is 0 Å². The summed E-state index contributed by atoms with van der Waals surface area (Å²) < 4.78 is 0. The third-order valence-corrected chi connectivity index (χ3v) is 4.04. The van der Waals surface area contributed by atoms with Gasteiger partial charge < -0.3 is 15.6 Å². The Morgan fingerprint density at radius 3 is 2.71 bits per heavy atom. The van der Waals surface area contributed by atoms with Crippen molar-refractivity contribution < 1.29 is 4.79 Å². The first-order valence-corrected chi connectivity index (χ1v) is 7.74. The second kappa shape index (κ2) is 7.43. The Morgan fingerprint density at radius 2 is 2.10 bits per heavy atom. The molecule has 0 radical (unpaired) electrons. The van der Waals surface area contributed by atoms with Gasteiger partial charge >= 0.3 is 0 Å². The molecule has 0 saturated carbocycles. The lowest BCUT2D eigenvalue weighted by molar-refractivity contribution is 0.0912. The highest BCUT2D eigenvalue weighted by Gasteiger charge is 2.21. The molecule has 2 rings (SSSR count). The summed E-state index contributed by atoms with van der Waals surface area (Å²) in [7, 11) is 0. The number of nitrogen functional groups attached to an aromatic ring is 1. The van der Waals surface area contributed by atoms with Crippen LogP contribution in [0.2, 0.25) is 0 Å². The number of rotatable bonds is 5. The van der Waals surface area contributed by atoms with Crippen molar-refractivity contribution >= 4 is 11.6 Å². The second-order valence-electron chi connectivity index (χ2n) is 5.78. The molecule has 1 aromatic rings. The molecule has 0 aliphatic carbocycles. The molecule has 5 nitrogen and oxygen atoms in total. The van der Waals surface area contributed by atoms with Gasteiger partial charge in [0.05, 0.1) is 11.3 Å². The smallest absolute Gasteiger partial charge is 0.253 e. The van der Waals surface area contributed by atoms with E-state index in [4.69, 9.17) is 5.84 Å². The summed E-state index contributed by atoms with van der Waals surface area (Å²) in [5.74, 6) is 5.45. The molecule has 1 aliphatic rings. The maximum absolute atomic E-state index is 12.4. The maximum Gasteiger partial charge on any atom is 0.253 e. The average molecular weight is 290 g/mol. The normalized spacial score (nSPS) is 16.7. The van der Waals surface area contributed by atoms with Gasteiger partial charge in [-0.05, 0) is 44.9 Å². The lowest BCUT2D eigenvalue weighted by atomic mass is 10.0. The number of likely N-dealkylation sites (tertiary alicyclic amines) is 1. The summed E-state index contributed by atoms with van der Waals surface area (Å²) in [5, 5.41) is 3.14. The van der Waals surface area contributed by atoms with Gasteiger partial charge in [0.2, 0.25) is 0 Å². The first kappa shape index (κ1) is 15.8.